The highest BCUT2D eigenvalue weighted by Crippen LogP contribution is 2.18. The first-order valence-electron chi connectivity index (χ1n) is 5.93. The van der Waals surface area contributed by atoms with E-state index in [9.17, 15) is 0 Å². The fourth-order valence-corrected chi connectivity index (χ4v) is 2.28. The Morgan fingerprint density at radius 1 is 1.25 bits per heavy atom. The summed E-state index contributed by atoms with van der Waals surface area (Å²) in [5, 5.41) is 3.35. The van der Waals surface area contributed by atoms with Crippen LogP contribution >= 0.6 is 0 Å². The van der Waals surface area contributed by atoms with Crippen LogP contribution in [0.4, 0.5) is 0 Å². The van der Waals surface area contributed by atoms with Crippen LogP contribution in [0, 0.1) is 20.8 Å². The molecule has 1 heteroatoms. The molecule has 0 saturated carbocycles. The minimum atomic E-state index is 0.498. The van der Waals surface area contributed by atoms with Crippen LogP contribution < -0.4 is 5.32 Å². The van der Waals surface area contributed by atoms with Gasteiger partial charge in [0.25, 0.3) is 0 Å². The number of nitrogens with one attached hydrogen (secondary N) is 1. The molecule has 16 heavy (non-hydrogen) atoms. The Hall–Kier alpha value is -1.08. The summed E-state index contributed by atoms with van der Waals surface area (Å²) in [5.74, 6) is 0. The number of hydrogen-bond acceptors (Lipinski definition) is 1. The predicted molar refractivity (Wildman–Crippen MR) is 72.0 cm³/mol. The highest BCUT2D eigenvalue weighted by molar-refractivity contribution is 5.38. The third kappa shape index (κ3) is 3.21. The SMILES string of the molecule is C=CCC(Cc1c(C)cc(C)cc1C)NC. The fourth-order valence-electron chi connectivity index (χ4n) is 2.28. The van der Waals surface area contributed by atoms with Crippen LogP contribution in [-0.2, 0) is 6.42 Å². The van der Waals surface area contributed by atoms with Crippen LogP contribution in [0.5, 0.6) is 0 Å². The van der Waals surface area contributed by atoms with Gasteiger partial charge in [-0.25, -0.2) is 0 Å². The molecule has 0 spiro atoms. The molecule has 1 atom stereocenters. The van der Waals surface area contributed by atoms with Crippen molar-refractivity contribution >= 4 is 0 Å². The van der Waals surface area contributed by atoms with E-state index in [-0.39, 0.29) is 0 Å². The van der Waals surface area contributed by atoms with Crippen molar-refractivity contribution in [2.75, 3.05) is 7.05 Å². The Balaban J connectivity index is 2.91. The highest BCUT2D eigenvalue weighted by atomic mass is 14.9. The van der Waals surface area contributed by atoms with Crippen LogP contribution in [0.1, 0.15) is 28.7 Å². The predicted octanol–water partition coefficient (Wildman–Crippen LogP) is 3.32. The Labute approximate surface area is 99.6 Å². The van der Waals surface area contributed by atoms with Gasteiger partial charge in [0.05, 0.1) is 0 Å². The van der Waals surface area contributed by atoms with Crippen molar-refractivity contribution in [2.24, 2.45) is 0 Å². The minimum absolute atomic E-state index is 0.498. The Morgan fingerprint density at radius 3 is 2.25 bits per heavy atom. The van der Waals surface area contributed by atoms with Crippen molar-refractivity contribution < 1.29 is 0 Å². The van der Waals surface area contributed by atoms with E-state index >= 15 is 0 Å². The van der Waals surface area contributed by atoms with Gasteiger partial charge in [0, 0.05) is 6.04 Å². The molecule has 1 aromatic rings. The van der Waals surface area contributed by atoms with Gasteiger partial charge >= 0.3 is 0 Å². The maximum absolute atomic E-state index is 3.81. The Morgan fingerprint density at radius 2 is 1.81 bits per heavy atom. The number of likely N-dealkylation sites (N-methyl/N-ethyl adjacent to an activating group) is 1. The normalized spacial score (nSPS) is 12.5. The molecular formula is C15H23N. The summed E-state index contributed by atoms with van der Waals surface area (Å²) in [7, 11) is 2.02. The first kappa shape index (κ1) is 13.0. The minimum Gasteiger partial charge on any atom is -0.316 e. The van der Waals surface area contributed by atoms with Crippen LogP contribution in [-0.4, -0.2) is 13.1 Å². The van der Waals surface area contributed by atoms with Gasteiger partial charge in [-0.15, -0.1) is 6.58 Å². The first-order valence-corrected chi connectivity index (χ1v) is 5.93. The van der Waals surface area contributed by atoms with E-state index in [1.165, 1.54) is 22.3 Å². The summed E-state index contributed by atoms with van der Waals surface area (Å²) in [6.45, 7) is 10.4. The van der Waals surface area contributed by atoms with E-state index in [0.29, 0.717) is 6.04 Å². The third-order valence-electron chi connectivity index (χ3n) is 3.15. The average molecular weight is 217 g/mol. The van der Waals surface area contributed by atoms with Crippen LogP contribution in [0.15, 0.2) is 24.8 Å². The van der Waals surface area contributed by atoms with E-state index in [1.54, 1.807) is 0 Å². The van der Waals surface area contributed by atoms with Crippen molar-refractivity contribution in [1.29, 1.82) is 0 Å². The van der Waals surface area contributed by atoms with E-state index in [4.69, 9.17) is 0 Å². The van der Waals surface area contributed by atoms with E-state index in [2.05, 4.69) is 44.8 Å². The number of rotatable bonds is 5. The molecule has 0 aromatic heterocycles. The Bertz CT molecular complexity index is 343. The molecule has 88 valence electrons. The monoisotopic (exact) mass is 217 g/mol. The summed E-state index contributed by atoms with van der Waals surface area (Å²) in [6.07, 6.45) is 4.09. The van der Waals surface area contributed by atoms with E-state index < -0.39 is 0 Å². The van der Waals surface area contributed by atoms with Crippen molar-refractivity contribution in [1.82, 2.24) is 5.32 Å². The molecule has 1 rings (SSSR count). The molecule has 1 unspecified atom stereocenters. The number of aryl methyl sites for hydroxylation is 3. The molecule has 0 aliphatic rings. The van der Waals surface area contributed by atoms with Crippen molar-refractivity contribution in [3.63, 3.8) is 0 Å². The maximum atomic E-state index is 3.81. The molecule has 0 amide bonds. The van der Waals surface area contributed by atoms with Gasteiger partial charge in [-0.2, -0.15) is 0 Å². The smallest absolute Gasteiger partial charge is 0.0139 e. The molecular weight excluding hydrogens is 194 g/mol. The van der Waals surface area contributed by atoms with Gasteiger partial charge in [-0.05, 0) is 57.4 Å². The lowest BCUT2D eigenvalue weighted by molar-refractivity contribution is 0.564. The van der Waals surface area contributed by atoms with Crippen molar-refractivity contribution in [3.8, 4) is 0 Å². The first-order chi connectivity index (χ1) is 7.58. The van der Waals surface area contributed by atoms with Gasteiger partial charge in [-0.1, -0.05) is 23.8 Å². The lowest BCUT2D eigenvalue weighted by atomic mass is 9.93. The lowest BCUT2D eigenvalue weighted by Gasteiger charge is -2.18. The molecule has 0 aliphatic carbocycles. The molecule has 1 nitrogen and oxygen atoms in total. The molecule has 0 aliphatic heterocycles. The van der Waals surface area contributed by atoms with Crippen molar-refractivity contribution in [2.45, 2.75) is 39.7 Å². The van der Waals surface area contributed by atoms with Crippen LogP contribution in [0.25, 0.3) is 0 Å². The van der Waals surface area contributed by atoms with Gasteiger partial charge in [0.2, 0.25) is 0 Å². The lowest BCUT2D eigenvalue weighted by Crippen LogP contribution is -2.27. The molecule has 0 heterocycles. The second-order valence-electron chi connectivity index (χ2n) is 4.59. The number of hydrogen-bond donors (Lipinski definition) is 1. The largest absolute Gasteiger partial charge is 0.316 e. The fraction of sp³-hybridized carbons (Fsp3) is 0.467. The second-order valence-corrected chi connectivity index (χ2v) is 4.59. The summed E-state index contributed by atoms with van der Waals surface area (Å²) in [6, 6.07) is 5.03. The quantitative estimate of drug-likeness (QED) is 0.746. The Kier molecular flexibility index (Phi) is 4.75. The highest BCUT2D eigenvalue weighted by Gasteiger charge is 2.10. The summed E-state index contributed by atoms with van der Waals surface area (Å²) in [4.78, 5) is 0. The van der Waals surface area contributed by atoms with Gasteiger partial charge in [0.1, 0.15) is 0 Å². The molecule has 0 bridgehead atoms. The number of benzene rings is 1. The maximum Gasteiger partial charge on any atom is 0.0139 e. The van der Waals surface area contributed by atoms with Crippen LogP contribution in [0.3, 0.4) is 0 Å². The van der Waals surface area contributed by atoms with Crippen LogP contribution in [0.2, 0.25) is 0 Å². The van der Waals surface area contributed by atoms with Gasteiger partial charge < -0.3 is 5.32 Å². The van der Waals surface area contributed by atoms with Gasteiger partial charge in [-0.3, -0.25) is 0 Å². The van der Waals surface area contributed by atoms with E-state index in [0.717, 1.165) is 12.8 Å². The molecule has 1 N–H and O–H groups in total. The topological polar surface area (TPSA) is 12.0 Å². The molecule has 1 aromatic carbocycles. The van der Waals surface area contributed by atoms with Crippen molar-refractivity contribution in [3.05, 3.63) is 47.0 Å². The molecule has 0 fully saturated rings. The molecule has 0 radical (unpaired) electrons. The summed E-state index contributed by atoms with van der Waals surface area (Å²) in [5.41, 5.74) is 5.64. The zero-order valence-corrected chi connectivity index (χ0v) is 10.9. The van der Waals surface area contributed by atoms with Gasteiger partial charge in [0.15, 0.2) is 0 Å². The molecule has 0 saturated heterocycles. The summed E-state index contributed by atoms with van der Waals surface area (Å²) < 4.78 is 0. The standard InChI is InChI=1S/C15H23N/c1-6-7-14(16-5)10-15-12(3)8-11(2)9-13(15)4/h6,8-9,14,16H,1,7,10H2,2-5H3. The third-order valence-corrected chi connectivity index (χ3v) is 3.15. The summed E-state index contributed by atoms with van der Waals surface area (Å²) >= 11 is 0. The zero-order chi connectivity index (χ0) is 12.1. The average Bonchev–Trinajstić information content (AvgIpc) is 2.21. The second kappa shape index (κ2) is 5.86. The zero-order valence-electron chi connectivity index (χ0n) is 10.9. The van der Waals surface area contributed by atoms with E-state index in [1.807, 2.05) is 13.1 Å².